The highest BCUT2D eigenvalue weighted by Gasteiger charge is 2.21. The second-order valence-electron chi connectivity index (χ2n) is 4.47. The van der Waals surface area contributed by atoms with Gasteiger partial charge in [0.1, 0.15) is 5.57 Å². The number of carboxylic acid groups (broad SMARTS) is 1. The average molecular weight is 312 g/mol. The monoisotopic (exact) mass is 311 g/mol. The Balaban J connectivity index is 3.62. The summed E-state index contributed by atoms with van der Waals surface area (Å²) in [7, 11) is 0. The number of non-ortho nitro benzene ring substituents is 1. The summed E-state index contributed by atoms with van der Waals surface area (Å²) >= 11 is 5.67. The van der Waals surface area contributed by atoms with Crippen molar-refractivity contribution >= 4 is 34.6 Å². The van der Waals surface area contributed by atoms with Crippen LogP contribution < -0.4 is 0 Å². The fourth-order valence-corrected chi connectivity index (χ4v) is 2.23. The Kier molecular flexibility index (Phi) is 5.60. The van der Waals surface area contributed by atoms with Crippen LogP contribution >= 0.6 is 11.6 Å². The highest BCUT2D eigenvalue weighted by Crippen LogP contribution is 2.28. The number of nitro benzene ring substituents is 1. The molecule has 0 aliphatic rings. The zero-order chi connectivity index (χ0) is 16.2. The number of hydrogen-bond donors (Lipinski definition) is 1. The molecule has 6 nitrogen and oxygen atoms in total. The lowest BCUT2D eigenvalue weighted by Crippen LogP contribution is -2.12. The largest absolute Gasteiger partial charge is 0.478 e. The first-order valence-corrected chi connectivity index (χ1v) is 6.61. The number of nitro groups is 1. The van der Waals surface area contributed by atoms with E-state index in [1.165, 1.54) is 12.1 Å². The molecule has 0 aromatic heterocycles. The third-order valence-corrected chi connectivity index (χ3v) is 3.02. The maximum atomic E-state index is 11.6. The van der Waals surface area contributed by atoms with Gasteiger partial charge in [-0.25, -0.2) is 4.79 Å². The van der Waals surface area contributed by atoms with Crippen LogP contribution in [0.15, 0.2) is 23.8 Å². The zero-order valence-corrected chi connectivity index (χ0v) is 12.3. The van der Waals surface area contributed by atoms with Crippen molar-refractivity contribution in [3.63, 3.8) is 0 Å². The number of carbonyl (C=O) groups is 2. The predicted octanol–water partition coefficient (Wildman–Crippen LogP) is 2.96. The van der Waals surface area contributed by atoms with E-state index in [2.05, 4.69) is 0 Å². The highest BCUT2D eigenvalue weighted by molar-refractivity contribution is 6.22. The smallest absolute Gasteiger partial charge is 0.339 e. The number of carbonyl (C=O) groups excluding carboxylic acids is 1. The number of aliphatic carboxylic acids is 1. The van der Waals surface area contributed by atoms with Crippen LogP contribution in [0.5, 0.6) is 0 Å². The van der Waals surface area contributed by atoms with Crippen molar-refractivity contribution in [3.05, 3.63) is 45.0 Å². The van der Waals surface area contributed by atoms with E-state index in [0.29, 0.717) is 11.1 Å². The van der Waals surface area contributed by atoms with Gasteiger partial charge in [-0.3, -0.25) is 14.9 Å². The first kappa shape index (κ1) is 16.8. The van der Waals surface area contributed by atoms with E-state index in [-0.39, 0.29) is 23.6 Å². The van der Waals surface area contributed by atoms with Gasteiger partial charge in [-0.05, 0) is 37.0 Å². The van der Waals surface area contributed by atoms with Gasteiger partial charge >= 0.3 is 5.97 Å². The van der Waals surface area contributed by atoms with E-state index in [1.54, 1.807) is 13.0 Å². The number of alkyl halides is 1. The summed E-state index contributed by atoms with van der Waals surface area (Å²) in [4.78, 5) is 33.2. The predicted molar refractivity (Wildman–Crippen MR) is 78.4 cm³/mol. The number of aryl methyl sites for hydroxylation is 1. The first-order chi connectivity index (χ1) is 9.77. The number of Topliss-reactive ketones (excluding diaryl/α,β-unsaturated/α-hetero) is 1. The number of benzene rings is 1. The van der Waals surface area contributed by atoms with Crippen LogP contribution in [-0.2, 0) is 9.59 Å². The molecular formula is C14H14ClNO5. The summed E-state index contributed by atoms with van der Waals surface area (Å²) in [6.07, 6.45) is 0.128. The van der Waals surface area contributed by atoms with Gasteiger partial charge in [0.2, 0.25) is 0 Å². The summed E-state index contributed by atoms with van der Waals surface area (Å²) in [6.45, 7) is 2.80. The highest BCUT2D eigenvalue weighted by atomic mass is 35.5. The SMILES string of the molecule is CC(=O)C(C(=O)O)=C(CCCl)c1cc(C)cc([N+](=O)[O-])c1. The van der Waals surface area contributed by atoms with Gasteiger partial charge in [-0.2, -0.15) is 0 Å². The van der Waals surface area contributed by atoms with Crippen molar-refractivity contribution in [3.8, 4) is 0 Å². The lowest BCUT2D eigenvalue weighted by molar-refractivity contribution is -0.384. The van der Waals surface area contributed by atoms with Gasteiger partial charge in [-0.15, -0.1) is 11.6 Å². The van der Waals surface area contributed by atoms with E-state index in [4.69, 9.17) is 11.6 Å². The van der Waals surface area contributed by atoms with E-state index < -0.39 is 22.2 Å². The molecule has 0 bridgehead atoms. The van der Waals surface area contributed by atoms with Crippen molar-refractivity contribution in [2.45, 2.75) is 20.3 Å². The summed E-state index contributed by atoms with van der Waals surface area (Å²) in [5.41, 5.74) is 0.576. The van der Waals surface area contributed by atoms with Crippen LogP contribution in [0.2, 0.25) is 0 Å². The first-order valence-electron chi connectivity index (χ1n) is 6.07. The van der Waals surface area contributed by atoms with E-state index >= 15 is 0 Å². The molecule has 1 N–H and O–H groups in total. The fraction of sp³-hybridized carbons (Fsp3) is 0.286. The molecule has 112 valence electrons. The maximum Gasteiger partial charge on any atom is 0.339 e. The molecule has 0 aliphatic carbocycles. The molecule has 0 fully saturated rings. The third kappa shape index (κ3) is 4.13. The van der Waals surface area contributed by atoms with Crippen molar-refractivity contribution in [1.82, 2.24) is 0 Å². The number of carboxylic acids is 1. The maximum absolute atomic E-state index is 11.6. The molecule has 0 spiro atoms. The zero-order valence-electron chi connectivity index (χ0n) is 11.6. The molecule has 0 atom stereocenters. The van der Waals surface area contributed by atoms with Gasteiger partial charge in [0.05, 0.1) is 4.92 Å². The van der Waals surface area contributed by atoms with Crippen LogP contribution in [0.1, 0.15) is 24.5 Å². The Morgan fingerprint density at radius 2 is 1.95 bits per heavy atom. The molecular weight excluding hydrogens is 298 g/mol. The van der Waals surface area contributed by atoms with Crippen molar-refractivity contribution in [2.24, 2.45) is 0 Å². The van der Waals surface area contributed by atoms with E-state index in [1.807, 2.05) is 0 Å². The van der Waals surface area contributed by atoms with E-state index in [0.717, 1.165) is 6.92 Å². The molecule has 0 amide bonds. The molecule has 1 aromatic carbocycles. The number of halogens is 1. The summed E-state index contributed by atoms with van der Waals surface area (Å²) in [6, 6.07) is 4.22. The number of ketones is 1. The molecule has 0 saturated carbocycles. The standard InChI is InChI=1S/C14H14ClNO5/c1-8-5-10(7-11(6-8)16(20)21)12(3-4-15)13(9(2)17)14(18)19/h5-7H,3-4H2,1-2H3,(H,18,19). The molecule has 1 aromatic rings. The molecule has 0 unspecified atom stereocenters. The number of allylic oxidation sites excluding steroid dienone is 1. The van der Waals surface area contributed by atoms with Crippen molar-refractivity contribution in [1.29, 1.82) is 0 Å². The Labute approximate surface area is 126 Å². The quantitative estimate of drug-likeness (QED) is 0.217. The van der Waals surface area contributed by atoms with Gasteiger partial charge in [-0.1, -0.05) is 6.07 Å². The summed E-state index contributed by atoms with van der Waals surface area (Å²) < 4.78 is 0. The molecule has 0 saturated heterocycles. The molecule has 0 radical (unpaired) electrons. The van der Waals surface area contributed by atoms with Crippen LogP contribution in [0.3, 0.4) is 0 Å². The third-order valence-electron chi connectivity index (χ3n) is 2.83. The van der Waals surface area contributed by atoms with Crippen LogP contribution in [0.25, 0.3) is 5.57 Å². The topological polar surface area (TPSA) is 97.5 Å². The second-order valence-corrected chi connectivity index (χ2v) is 4.85. The molecule has 7 heteroatoms. The Morgan fingerprint density at radius 3 is 2.38 bits per heavy atom. The van der Waals surface area contributed by atoms with Crippen LogP contribution in [-0.4, -0.2) is 27.7 Å². The molecule has 0 heterocycles. The second kappa shape index (κ2) is 6.99. The Morgan fingerprint density at radius 1 is 1.33 bits per heavy atom. The van der Waals surface area contributed by atoms with Crippen LogP contribution in [0, 0.1) is 17.0 Å². The minimum atomic E-state index is -1.37. The van der Waals surface area contributed by atoms with E-state index in [9.17, 15) is 24.8 Å². The average Bonchev–Trinajstić information content (AvgIpc) is 2.36. The molecule has 1 rings (SSSR count). The van der Waals surface area contributed by atoms with Gasteiger partial charge in [0, 0.05) is 18.0 Å². The lowest BCUT2D eigenvalue weighted by atomic mass is 9.94. The van der Waals surface area contributed by atoms with Gasteiger partial charge in [0.25, 0.3) is 5.69 Å². The number of hydrogen-bond acceptors (Lipinski definition) is 4. The van der Waals surface area contributed by atoms with Crippen molar-refractivity contribution < 1.29 is 19.6 Å². The normalized spacial score (nSPS) is 11.8. The minimum absolute atomic E-state index is 0.0983. The van der Waals surface area contributed by atoms with Crippen molar-refractivity contribution in [2.75, 3.05) is 5.88 Å². The summed E-state index contributed by atoms with van der Waals surface area (Å²) in [5, 5.41) is 20.1. The minimum Gasteiger partial charge on any atom is -0.478 e. The summed E-state index contributed by atoms with van der Waals surface area (Å²) in [5.74, 6) is -1.89. The van der Waals surface area contributed by atoms with Gasteiger partial charge < -0.3 is 5.11 Å². The molecule has 21 heavy (non-hydrogen) atoms. The fourth-order valence-electron chi connectivity index (χ4n) is 2.04. The van der Waals surface area contributed by atoms with Crippen LogP contribution in [0.4, 0.5) is 5.69 Å². The Bertz CT molecular complexity index is 620. The lowest BCUT2D eigenvalue weighted by Gasteiger charge is -2.11. The number of rotatable bonds is 6. The Hall–Kier alpha value is -2.21. The molecule has 0 aliphatic heterocycles. The van der Waals surface area contributed by atoms with Gasteiger partial charge in [0.15, 0.2) is 5.78 Å². The number of nitrogens with zero attached hydrogens (tertiary/aromatic N) is 1.